The Morgan fingerprint density at radius 1 is 1.19 bits per heavy atom. The molecule has 1 aliphatic heterocycles. The maximum absolute atomic E-state index is 14.1. The maximum atomic E-state index is 14.1. The number of rotatable bonds is 7. The lowest BCUT2D eigenvalue weighted by molar-refractivity contribution is -0.152. The summed E-state index contributed by atoms with van der Waals surface area (Å²) in [5, 5.41) is 17.7. The highest BCUT2D eigenvalue weighted by atomic mass is 19.1. The predicted molar refractivity (Wildman–Crippen MR) is 114 cm³/mol. The lowest BCUT2D eigenvalue weighted by atomic mass is 9.97. The van der Waals surface area contributed by atoms with Crippen LogP contribution in [-0.2, 0) is 14.3 Å². The third-order valence-corrected chi connectivity index (χ3v) is 5.26. The first kappa shape index (κ1) is 22.7. The molecule has 0 spiro atoms. The zero-order chi connectivity index (χ0) is 22.9. The lowest BCUT2D eigenvalue weighted by Crippen LogP contribution is -2.39. The Kier molecular flexibility index (Phi) is 7.71. The zero-order valence-corrected chi connectivity index (χ0v) is 17.4. The molecule has 2 heterocycles. The van der Waals surface area contributed by atoms with Crippen molar-refractivity contribution in [3.8, 4) is 12.1 Å². The van der Waals surface area contributed by atoms with Crippen LogP contribution in [0, 0.1) is 34.4 Å². The Labute approximate surface area is 185 Å². The van der Waals surface area contributed by atoms with Crippen molar-refractivity contribution in [3.63, 3.8) is 0 Å². The monoisotopic (exact) mass is 435 g/mol. The van der Waals surface area contributed by atoms with Gasteiger partial charge < -0.3 is 14.5 Å². The molecule has 1 aromatic heterocycles. The van der Waals surface area contributed by atoms with Crippen molar-refractivity contribution in [3.05, 3.63) is 54.0 Å². The topological polar surface area (TPSA) is 110 Å². The summed E-state index contributed by atoms with van der Waals surface area (Å²) in [4.78, 5) is 32.5. The smallest absolute Gasteiger partial charge is 0.309 e. The van der Waals surface area contributed by atoms with Crippen LogP contribution in [0.3, 0.4) is 0 Å². The highest BCUT2D eigenvalue weighted by molar-refractivity contribution is 5.95. The molecule has 1 aliphatic rings. The Balaban J connectivity index is 1.53. The number of piperidine rings is 1. The van der Waals surface area contributed by atoms with Crippen LogP contribution < -0.4 is 9.80 Å². The molecule has 0 radical (unpaired) electrons. The van der Waals surface area contributed by atoms with Gasteiger partial charge in [0.05, 0.1) is 29.7 Å². The van der Waals surface area contributed by atoms with Crippen molar-refractivity contribution < 1.29 is 18.7 Å². The Bertz CT molecular complexity index is 1040. The van der Waals surface area contributed by atoms with Crippen LogP contribution in [0.15, 0.2) is 42.6 Å². The van der Waals surface area contributed by atoms with Gasteiger partial charge in [-0.15, -0.1) is 0 Å². The van der Waals surface area contributed by atoms with Crippen LogP contribution in [0.25, 0.3) is 0 Å². The number of nitriles is 2. The molecule has 0 bridgehead atoms. The summed E-state index contributed by atoms with van der Waals surface area (Å²) in [6.07, 6.45) is 2.62. The zero-order valence-electron chi connectivity index (χ0n) is 17.4. The number of halogens is 1. The predicted octanol–water partition coefficient (Wildman–Crippen LogP) is 2.80. The van der Waals surface area contributed by atoms with Crippen LogP contribution in [0.5, 0.6) is 0 Å². The lowest BCUT2D eigenvalue weighted by Gasteiger charge is -2.31. The fourth-order valence-electron chi connectivity index (χ4n) is 3.52. The third kappa shape index (κ3) is 5.58. The van der Waals surface area contributed by atoms with Gasteiger partial charge in [-0.1, -0.05) is 12.1 Å². The summed E-state index contributed by atoms with van der Waals surface area (Å²) < 4.78 is 19.4. The number of carbonyl (C=O) groups is 2. The minimum Gasteiger partial charge on any atom is -0.455 e. The molecule has 2 aromatic rings. The van der Waals surface area contributed by atoms with E-state index in [0.717, 1.165) is 10.7 Å². The van der Waals surface area contributed by atoms with Gasteiger partial charge in [-0.3, -0.25) is 9.59 Å². The van der Waals surface area contributed by atoms with E-state index in [-0.39, 0.29) is 24.6 Å². The number of aromatic nitrogens is 1. The van der Waals surface area contributed by atoms with Gasteiger partial charge in [-0.25, -0.2) is 9.37 Å². The van der Waals surface area contributed by atoms with E-state index in [9.17, 15) is 14.0 Å². The molecular formula is C23H22FN5O3. The largest absolute Gasteiger partial charge is 0.455 e. The van der Waals surface area contributed by atoms with Crippen molar-refractivity contribution >= 4 is 23.4 Å². The Morgan fingerprint density at radius 2 is 1.94 bits per heavy atom. The molecule has 9 heteroatoms. The van der Waals surface area contributed by atoms with Crippen LogP contribution in [0.4, 0.5) is 15.9 Å². The summed E-state index contributed by atoms with van der Waals surface area (Å²) >= 11 is 0. The molecule has 0 unspecified atom stereocenters. The van der Waals surface area contributed by atoms with Gasteiger partial charge in [0.25, 0.3) is 5.91 Å². The van der Waals surface area contributed by atoms with Gasteiger partial charge in [0, 0.05) is 25.8 Å². The number of hydrogen-bond donors (Lipinski definition) is 0. The molecule has 1 aromatic carbocycles. The van der Waals surface area contributed by atoms with E-state index in [1.54, 1.807) is 18.2 Å². The molecule has 0 aliphatic carbocycles. The van der Waals surface area contributed by atoms with E-state index in [0.29, 0.717) is 31.5 Å². The number of para-hydroxylation sites is 1. The first-order valence-corrected chi connectivity index (χ1v) is 10.2. The van der Waals surface area contributed by atoms with Crippen molar-refractivity contribution in [2.45, 2.75) is 19.3 Å². The number of nitrogens with zero attached hydrogens (tertiary/aromatic N) is 5. The summed E-state index contributed by atoms with van der Waals surface area (Å²) in [5.74, 6) is -1.26. The second-order valence-corrected chi connectivity index (χ2v) is 7.29. The minimum absolute atomic E-state index is 0.00377. The second-order valence-electron chi connectivity index (χ2n) is 7.29. The fourth-order valence-corrected chi connectivity index (χ4v) is 3.52. The number of anilines is 2. The normalized spacial score (nSPS) is 13.7. The standard InChI is InChI=1S/C23H22FN5O3/c24-19-4-1-2-5-20(19)29(11-3-10-25)22(30)16-32-23(31)18-8-12-28(13-9-18)21-7-6-17(14-26)15-27-21/h1-2,4-7,15,18H,3,8-9,11-13,16H2. The summed E-state index contributed by atoms with van der Waals surface area (Å²) in [7, 11) is 0. The summed E-state index contributed by atoms with van der Waals surface area (Å²) in [6, 6.07) is 13.2. The molecule has 1 fully saturated rings. The van der Waals surface area contributed by atoms with Crippen LogP contribution in [0.2, 0.25) is 0 Å². The molecule has 8 nitrogen and oxygen atoms in total. The minimum atomic E-state index is -0.589. The number of pyridine rings is 1. The van der Waals surface area contributed by atoms with E-state index < -0.39 is 24.3 Å². The maximum Gasteiger partial charge on any atom is 0.309 e. The first-order valence-electron chi connectivity index (χ1n) is 10.2. The van der Waals surface area contributed by atoms with Gasteiger partial charge in [-0.2, -0.15) is 10.5 Å². The van der Waals surface area contributed by atoms with Gasteiger partial charge in [0.1, 0.15) is 17.7 Å². The van der Waals surface area contributed by atoms with Crippen molar-refractivity contribution in [2.24, 2.45) is 5.92 Å². The third-order valence-electron chi connectivity index (χ3n) is 5.26. The quantitative estimate of drug-likeness (QED) is 0.615. The van der Waals surface area contributed by atoms with Crippen molar-refractivity contribution in [1.29, 1.82) is 10.5 Å². The molecular weight excluding hydrogens is 413 g/mol. The molecule has 0 saturated carbocycles. The van der Waals surface area contributed by atoms with Crippen molar-refractivity contribution in [1.82, 2.24) is 4.98 Å². The molecule has 0 N–H and O–H groups in total. The molecule has 32 heavy (non-hydrogen) atoms. The van der Waals surface area contributed by atoms with Gasteiger partial charge in [0.15, 0.2) is 6.61 Å². The highest BCUT2D eigenvalue weighted by Crippen LogP contribution is 2.23. The van der Waals surface area contributed by atoms with Crippen LogP contribution in [-0.4, -0.2) is 43.1 Å². The number of benzene rings is 1. The number of hydrogen-bond acceptors (Lipinski definition) is 7. The Morgan fingerprint density at radius 3 is 2.56 bits per heavy atom. The van der Waals surface area contributed by atoms with E-state index in [2.05, 4.69) is 4.98 Å². The van der Waals surface area contributed by atoms with Gasteiger partial charge in [-0.05, 0) is 37.1 Å². The molecule has 3 rings (SSSR count). The van der Waals surface area contributed by atoms with E-state index in [4.69, 9.17) is 15.3 Å². The summed E-state index contributed by atoms with van der Waals surface area (Å²) in [5.41, 5.74) is 0.531. The number of ether oxygens (including phenoxy) is 1. The van der Waals surface area contributed by atoms with E-state index in [1.807, 2.05) is 17.0 Å². The van der Waals surface area contributed by atoms with Crippen LogP contribution >= 0.6 is 0 Å². The van der Waals surface area contributed by atoms with E-state index >= 15 is 0 Å². The fraction of sp³-hybridized carbons (Fsp3) is 0.348. The van der Waals surface area contributed by atoms with E-state index in [1.165, 1.54) is 24.4 Å². The Hall–Kier alpha value is -3.98. The van der Waals surface area contributed by atoms with Gasteiger partial charge >= 0.3 is 5.97 Å². The second kappa shape index (κ2) is 10.9. The number of amides is 1. The highest BCUT2D eigenvalue weighted by Gasteiger charge is 2.28. The van der Waals surface area contributed by atoms with Gasteiger partial charge in [0.2, 0.25) is 0 Å². The molecule has 164 valence electrons. The average Bonchev–Trinajstić information content (AvgIpc) is 2.84. The molecule has 1 saturated heterocycles. The summed E-state index contributed by atoms with van der Waals surface area (Å²) in [6.45, 7) is 0.673. The number of carbonyl (C=O) groups excluding carboxylic acids is 2. The SMILES string of the molecule is N#CCCN(C(=O)COC(=O)C1CCN(c2ccc(C#N)cn2)CC1)c1ccccc1F. The molecule has 0 atom stereocenters. The van der Waals surface area contributed by atoms with Crippen LogP contribution in [0.1, 0.15) is 24.8 Å². The first-order chi connectivity index (χ1) is 15.5. The molecule has 1 amide bonds. The van der Waals surface area contributed by atoms with Crippen molar-refractivity contribution in [2.75, 3.05) is 36.0 Å². The average molecular weight is 435 g/mol. The number of esters is 1.